The summed E-state index contributed by atoms with van der Waals surface area (Å²) in [5.74, 6) is -2.10. The van der Waals surface area contributed by atoms with E-state index in [1.54, 1.807) is 31.2 Å². The largest absolute Gasteiger partial charge is 0.480 e. The zero-order chi connectivity index (χ0) is 16.3. The Kier molecular flexibility index (Phi) is 5.03. The predicted molar refractivity (Wildman–Crippen MR) is 81.8 cm³/mol. The molecule has 118 valence electrons. The lowest BCUT2D eigenvalue weighted by Gasteiger charge is -2.22. The summed E-state index contributed by atoms with van der Waals surface area (Å²) in [6.07, 6.45) is 0.0696. The Labute approximate surface area is 133 Å². The molecule has 0 spiro atoms. The molecule has 1 aliphatic heterocycles. The van der Waals surface area contributed by atoms with Crippen LogP contribution in [0.15, 0.2) is 24.3 Å². The Morgan fingerprint density at radius 1 is 1.41 bits per heavy atom. The van der Waals surface area contributed by atoms with Crippen molar-refractivity contribution < 1.29 is 19.5 Å². The summed E-state index contributed by atoms with van der Waals surface area (Å²) in [5.41, 5.74) is 0.575. The molecule has 1 atom stereocenters. The van der Waals surface area contributed by atoms with Gasteiger partial charge in [0.2, 0.25) is 11.8 Å². The summed E-state index contributed by atoms with van der Waals surface area (Å²) in [6, 6.07) is 6.94. The van der Waals surface area contributed by atoms with Gasteiger partial charge in [0.25, 0.3) is 0 Å². The van der Waals surface area contributed by atoms with Crippen LogP contribution in [0.1, 0.15) is 13.3 Å². The minimum Gasteiger partial charge on any atom is -0.480 e. The van der Waals surface area contributed by atoms with Crippen LogP contribution in [0.5, 0.6) is 0 Å². The molecule has 1 fully saturated rings. The number of carboxylic acids is 1. The highest BCUT2D eigenvalue weighted by atomic mass is 35.5. The van der Waals surface area contributed by atoms with Gasteiger partial charge >= 0.3 is 5.97 Å². The fourth-order valence-electron chi connectivity index (χ4n) is 2.54. The van der Waals surface area contributed by atoms with E-state index in [-0.39, 0.29) is 31.3 Å². The van der Waals surface area contributed by atoms with Crippen LogP contribution in [-0.4, -0.2) is 47.4 Å². The number of hydrogen-bond donors (Lipinski definition) is 1. The summed E-state index contributed by atoms with van der Waals surface area (Å²) in [6.45, 7) is 1.87. The number of benzene rings is 1. The Hall–Kier alpha value is -2.08. The highest BCUT2D eigenvalue weighted by Gasteiger charge is 2.37. The van der Waals surface area contributed by atoms with Gasteiger partial charge in [0.05, 0.1) is 16.6 Å². The van der Waals surface area contributed by atoms with Crippen molar-refractivity contribution >= 4 is 35.1 Å². The van der Waals surface area contributed by atoms with Crippen molar-refractivity contribution in [2.45, 2.75) is 13.3 Å². The number of aliphatic carboxylic acids is 1. The quantitative estimate of drug-likeness (QED) is 0.893. The molecule has 7 heteroatoms. The molecule has 22 heavy (non-hydrogen) atoms. The number of carbonyl (C=O) groups is 3. The Morgan fingerprint density at radius 3 is 2.68 bits per heavy atom. The summed E-state index contributed by atoms with van der Waals surface area (Å²) < 4.78 is 0. The fraction of sp³-hybridized carbons (Fsp3) is 0.400. The smallest absolute Gasteiger partial charge is 0.323 e. The number of amides is 2. The summed E-state index contributed by atoms with van der Waals surface area (Å²) in [4.78, 5) is 38.1. The van der Waals surface area contributed by atoms with E-state index in [1.807, 2.05) is 0 Å². The van der Waals surface area contributed by atoms with Gasteiger partial charge in [0, 0.05) is 19.5 Å². The van der Waals surface area contributed by atoms with Gasteiger partial charge in [-0.15, -0.1) is 0 Å². The fourth-order valence-corrected chi connectivity index (χ4v) is 2.78. The maximum atomic E-state index is 12.4. The minimum atomic E-state index is -1.07. The number of anilines is 1. The van der Waals surface area contributed by atoms with Crippen LogP contribution in [0.4, 0.5) is 5.69 Å². The molecule has 1 aliphatic rings. The minimum absolute atomic E-state index is 0.0696. The topological polar surface area (TPSA) is 77.9 Å². The van der Waals surface area contributed by atoms with Gasteiger partial charge in [-0.05, 0) is 19.1 Å². The van der Waals surface area contributed by atoms with Crippen LogP contribution >= 0.6 is 11.6 Å². The second-order valence-electron chi connectivity index (χ2n) is 5.10. The standard InChI is InChI=1S/C15H17ClN2O4/c1-2-17(9-14(20)21)15(22)10-7-13(19)18(8-10)12-6-4-3-5-11(12)16/h3-6,10H,2,7-9H2,1H3,(H,20,21). The van der Waals surface area contributed by atoms with E-state index in [9.17, 15) is 14.4 Å². The van der Waals surface area contributed by atoms with Crippen molar-refractivity contribution in [2.75, 3.05) is 24.5 Å². The number of halogens is 1. The average molecular weight is 325 g/mol. The Morgan fingerprint density at radius 2 is 2.09 bits per heavy atom. The van der Waals surface area contributed by atoms with Crippen molar-refractivity contribution in [1.29, 1.82) is 0 Å². The van der Waals surface area contributed by atoms with Crippen molar-refractivity contribution in [3.8, 4) is 0 Å². The molecule has 1 aromatic carbocycles. The molecule has 1 aromatic rings. The van der Waals surface area contributed by atoms with Crippen molar-refractivity contribution in [3.63, 3.8) is 0 Å². The van der Waals surface area contributed by atoms with Gasteiger partial charge in [-0.3, -0.25) is 14.4 Å². The first kappa shape index (κ1) is 16.3. The van der Waals surface area contributed by atoms with E-state index in [2.05, 4.69) is 0 Å². The second-order valence-corrected chi connectivity index (χ2v) is 5.51. The van der Waals surface area contributed by atoms with Crippen LogP contribution in [0.25, 0.3) is 0 Å². The molecule has 2 amide bonds. The van der Waals surface area contributed by atoms with E-state index in [4.69, 9.17) is 16.7 Å². The van der Waals surface area contributed by atoms with Crippen molar-refractivity contribution in [2.24, 2.45) is 5.92 Å². The Bertz CT molecular complexity index is 605. The third kappa shape index (κ3) is 3.39. The molecule has 0 bridgehead atoms. The molecule has 6 nitrogen and oxygen atoms in total. The lowest BCUT2D eigenvalue weighted by atomic mass is 10.1. The van der Waals surface area contributed by atoms with E-state index in [0.717, 1.165) is 0 Å². The summed E-state index contributed by atoms with van der Waals surface area (Å²) in [7, 11) is 0. The highest BCUT2D eigenvalue weighted by molar-refractivity contribution is 6.33. The van der Waals surface area contributed by atoms with Gasteiger partial charge in [-0.25, -0.2) is 0 Å². The van der Waals surface area contributed by atoms with Gasteiger partial charge in [0.15, 0.2) is 0 Å². The monoisotopic (exact) mass is 324 g/mol. The third-order valence-corrected chi connectivity index (χ3v) is 3.96. The molecule has 1 saturated heterocycles. The van der Waals surface area contributed by atoms with E-state index in [1.165, 1.54) is 9.80 Å². The molecule has 0 aliphatic carbocycles. The molecule has 0 radical (unpaired) electrons. The molecular weight excluding hydrogens is 308 g/mol. The summed E-state index contributed by atoms with van der Waals surface area (Å²) in [5, 5.41) is 9.28. The van der Waals surface area contributed by atoms with Gasteiger partial charge in [0.1, 0.15) is 6.54 Å². The number of rotatable bonds is 5. The SMILES string of the molecule is CCN(CC(=O)O)C(=O)C1CC(=O)N(c2ccccc2Cl)C1. The van der Waals surface area contributed by atoms with Crippen LogP contribution < -0.4 is 4.90 Å². The van der Waals surface area contributed by atoms with Crippen LogP contribution in [-0.2, 0) is 14.4 Å². The third-order valence-electron chi connectivity index (χ3n) is 3.64. The predicted octanol–water partition coefficient (Wildman–Crippen LogP) is 1.63. The molecule has 0 saturated carbocycles. The first-order valence-electron chi connectivity index (χ1n) is 6.99. The van der Waals surface area contributed by atoms with Crippen LogP contribution in [0, 0.1) is 5.92 Å². The molecule has 0 aromatic heterocycles. The van der Waals surface area contributed by atoms with Crippen LogP contribution in [0.3, 0.4) is 0 Å². The normalized spacial score (nSPS) is 17.6. The first-order chi connectivity index (χ1) is 10.4. The maximum absolute atomic E-state index is 12.4. The van der Waals surface area contributed by atoms with Crippen molar-refractivity contribution in [1.82, 2.24) is 4.90 Å². The average Bonchev–Trinajstić information content (AvgIpc) is 2.86. The second kappa shape index (κ2) is 6.79. The van der Waals surface area contributed by atoms with Crippen LogP contribution in [0.2, 0.25) is 5.02 Å². The van der Waals surface area contributed by atoms with Gasteiger partial charge in [-0.2, -0.15) is 0 Å². The Balaban J connectivity index is 2.13. The van der Waals surface area contributed by atoms with E-state index >= 15 is 0 Å². The number of nitrogens with zero attached hydrogens (tertiary/aromatic N) is 2. The van der Waals surface area contributed by atoms with Gasteiger partial charge in [-0.1, -0.05) is 23.7 Å². The summed E-state index contributed by atoms with van der Waals surface area (Å²) >= 11 is 6.09. The number of carbonyl (C=O) groups excluding carboxylic acids is 2. The molecule has 1 N–H and O–H groups in total. The molecule has 1 unspecified atom stereocenters. The number of carboxylic acid groups (broad SMARTS) is 1. The van der Waals surface area contributed by atoms with E-state index in [0.29, 0.717) is 17.3 Å². The highest BCUT2D eigenvalue weighted by Crippen LogP contribution is 2.31. The maximum Gasteiger partial charge on any atom is 0.323 e. The number of hydrogen-bond acceptors (Lipinski definition) is 3. The lowest BCUT2D eigenvalue weighted by molar-refractivity contribution is -0.146. The molecule has 1 heterocycles. The number of para-hydroxylation sites is 1. The lowest BCUT2D eigenvalue weighted by Crippen LogP contribution is -2.40. The molecule has 2 rings (SSSR count). The molecular formula is C15H17ClN2O4. The first-order valence-corrected chi connectivity index (χ1v) is 7.37. The van der Waals surface area contributed by atoms with Crippen molar-refractivity contribution in [3.05, 3.63) is 29.3 Å². The zero-order valence-electron chi connectivity index (χ0n) is 12.2. The number of likely N-dealkylation sites (N-methyl/N-ethyl adjacent to an activating group) is 1. The van der Waals surface area contributed by atoms with Gasteiger partial charge < -0.3 is 14.9 Å². The zero-order valence-corrected chi connectivity index (χ0v) is 12.9. The van der Waals surface area contributed by atoms with E-state index < -0.39 is 11.9 Å².